The molecule has 4 heteroatoms. The van der Waals surface area contributed by atoms with Crippen LogP contribution >= 0.6 is 11.6 Å². The maximum absolute atomic E-state index is 10.1. The highest BCUT2D eigenvalue weighted by molar-refractivity contribution is 6.33. The average molecular weight is 289 g/mol. The molecule has 104 valence electrons. The van der Waals surface area contributed by atoms with Crippen LogP contribution in [0.25, 0.3) is 0 Å². The molecule has 2 aromatic rings. The van der Waals surface area contributed by atoms with Crippen molar-refractivity contribution >= 4 is 17.3 Å². The number of β-amino-alcohol motifs (C(OH)–C–C–N with tert-alkyl or cyclic N) is 1. The second kappa shape index (κ2) is 5.83. The summed E-state index contributed by atoms with van der Waals surface area (Å²) in [5, 5.41) is 12.8. The second-order valence-corrected chi connectivity index (χ2v) is 5.45. The van der Waals surface area contributed by atoms with Gasteiger partial charge in [-0.3, -0.25) is 0 Å². The van der Waals surface area contributed by atoms with Crippen molar-refractivity contribution < 1.29 is 5.11 Å². The first kappa shape index (κ1) is 13.4. The van der Waals surface area contributed by atoms with E-state index in [1.54, 1.807) is 0 Å². The minimum Gasteiger partial charge on any atom is -0.391 e. The predicted molar refractivity (Wildman–Crippen MR) is 81.7 cm³/mol. The van der Waals surface area contributed by atoms with Gasteiger partial charge in [-0.05, 0) is 24.1 Å². The molecule has 0 spiro atoms. The zero-order chi connectivity index (χ0) is 13.9. The minimum absolute atomic E-state index is 0.0937. The first-order valence-electron chi connectivity index (χ1n) is 6.75. The first-order chi connectivity index (χ1) is 9.74. The van der Waals surface area contributed by atoms with Crippen molar-refractivity contribution in [1.82, 2.24) is 5.43 Å². The Bertz CT molecular complexity index is 576. The lowest BCUT2D eigenvalue weighted by atomic mass is 9.99. The van der Waals surface area contributed by atoms with Gasteiger partial charge in [0.25, 0.3) is 0 Å². The van der Waals surface area contributed by atoms with Crippen molar-refractivity contribution in [1.29, 1.82) is 0 Å². The summed E-state index contributed by atoms with van der Waals surface area (Å²) < 4.78 is 0. The Hall–Kier alpha value is -1.55. The molecule has 0 aliphatic carbocycles. The zero-order valence-corrected chi connectivity index (χ0v) is 11.8. The van der Waals surface area contributed by atoms with Crippen LogP contribution in [0.3, 0.4) is 0 Å². The normalized spacial score (nSPS) is 22.8. The van der Waals surface area contributed by atoms with E-state index in [9.17, 15) is 5.11 Å². The lowest BCUT2D eigenvalue weighted by molar-refractivity contribution is 0.126. The molecule has 0 aromatic heterocycles. The largest absolute Gasteiger partial charge is 0.391 e. The van der Waals surface area contributed by atoms with E-state index in [1.807, 2.05) is 47.5 Å². The Morgan fingerprint density at radius 3 is 2.50 bits per heavy atom. The number of hydrazine groups is 1. The van der Waals surface area contributed by atoms with E-state index >= 15 is 0 Å². The Labute approximate surface area is 123 Å². The quantitative estimate of drug-likeness (QED) is 0.891. The van der Waals surface area contributed by atoms with Crippen LogP contribution in [0.1, 0.15) is 18.0 Å². The summed E-state index contributed by atoms with van der Waals surface area (Å²) in [5.74, 6) is 0. The average Bonchev–Trinajstić information content (AvgIpc) is 2.48. The standard InChI is InChI=1S/C16H17ClN2O/c17-14-8-4-5-9-16(14)19-11-13(20)10-15(18-19)12-6-2-1-3-7-12/h1-9,13,15,18,20H,10-11H2/t13-,15-/m1/s1. The smallest absolute Gasteiger partial charge is 0.0749 e. The fourth-order valence-corrected chi connectivity index (χ4v) is 2.82. The van der Waals surface area contributed by atoms with Gasteiger partial charge in [0.15, 0.2) is 0 Å². The number of hydrogen-bond acceptors (Lipinski definition) is 3. The van der Waals surface area contributed by atoms with Crippen LogP contribution in [0.4, 0.5) is 5.69 Å². The number of anilines is 1. The summed E-state index contributed by atoms with van der Waals surface area (Å²) >= 11 is 6.24. The monoisotopic (exact) mass is 288 g/mol. The second-order valence-electron chi connectivity index (χ2n) is 5.04. The van der Waals surface area contributed by atoms with E-state index in [0.717, 1.165) is 5.69 Å². The summed E-state index contributed by atoms with van der Waals surface area (Å²) in [6, 6.07) is 17.9. The van der Waals surface area contributed by atoms with Gasteiger partial charge in [-0.15, -0.1) is 0 Å². The van der Waals surface area contributed by atoms with Crippen molar-refractivity contribution in [3.63, 3.8) is 0 Å². The molecule has 2 atom stereocenters. The van der Waals surface area contributed by atoms with Gasteiger partial charge in [0.2, 0.25) is 0 Å². The van der Waals surface area contributed by atoms with Crippen LogP contribution in [-0.4, -0.2) is 17.8 Å². The summed E-state index contributed by atoms with van der Waals surface area (Å²) in [5.41, 5.74) is 5.51. The Morgan fingerprint density at radius 2 is 1.75 bits per heavy atom. The summed E-state index contributed by atoms with van der Waals surface area (Å²) in [6.07, 6.45) is 0.322. The number of nitrogens with zero attached hydrogens (tertiary/aromatic N) is 1. The molecular weight excluding hydrogens is 272 g/mol. The van der Waals surface area contributed by atoms with E-state index in [0.29, 0.717) is 18.0 Å². The molecule has 1 aliphatic rings. The van der Waals surface area contributed by atoms with Crippen LogP contribution in [0, 0.1) is 0 Å². The number of aliphatic hydroxyl groups excluding tert-OH is 1. The van der Waals surface area contributed by atoms with Gasteiger partial charge in [-0.1, -0.05) is 54.1 Å². The van der Waals surface area contributed by atoms with Gasteiger partial charge in [0, 0.05) is 0 Å². The molecule has 2 aromatic carbocycles. The number of benzene rings is 2. The molecule has 0 amide bonds. The Morgan fingerprint density at radius 1 is 1.05 bits per heavy atom. The van der Waals surface area contributed by atoms with Gasteiger partial charge < -0.3 is 10.1 Å². The maximum atomic E-state index is 10.1. The van der Waals surface area contributed by atoms with Crippen LogP contribution in [0.5, 0.6) is 0 Å². The van der Waals surface area contributed by atoms with Crippen LogP contribution < -0.4 is 10.4 Å². The van der Waals surface area contributed by atoms with Crippen molar-refractivity contribution in [3.8, 4) is 0 Å². The third-order valence-electron chi connectivity index (χ3n) is 3.56. The van der Waals surface area contributed by atoms with E-state index in [2.05, 4.69) is 17.6 Å². The van der Waals surface area contributed by atoms with Gasteiger partial charge in [0.1, 0.15) is 0 Å². The predicted octanol–water partition coefficient (Wildman–Crippen LogP) is 3.16. The number of nitrogens with one attached hydrogen (secondary N) is 1. The molecule has 1 aliphatic heterocycles. The first-order valence-corrected chi connectivity index (χ1v) is 7.13. The minimum atomic E-state index is -0.377. The van der Waals surface area contributed by atoms with E-state index in [-0.39, 0.29) is 12.1 Å². The molecule has 1 saturated heterocycles. The van der Waals surface area contributed by atoms with Gasteiger partial charge in [-0.25, -0.2) is 5.43 Å². The third-order valence-corrected chi connectivity index (χ3v) is 3.88. The zero-order valence-electron chi connectivity index (χ0n) is 11.0. The van der Waals surface area contributed by atoms with Crippen LogP contribution in [0.2, 0.25) is 5.02 Å². The highest BCUT2D eigenvalue weighted by atomic mass is 35.5. The fourth-order valence-electron chi connectivity index (χ4n) is 2.59. The van der Waals surface area contributed by atoms with Crippen molar-refractivity contribution in [2.75, 3.05) is 11.6 Å². The SMILES string of the molecule is O[C@@H]1C[C@H](c2ccccc2)NN(c2ccccc2Cl)C1. The molecule has 20 heavy (non-hydrogen) atoms. The molecular formula is C16H17ClN2O. The molecule has 0 radical (unpaired) electrons. The number of hydrogen-bond donors (Lipinski definition) is 2. The molecule has 2 N–H and O–H groups in total. The molecule has 1 fully saturated rings. The lowest BCUT2D eigenvalue weighted by Gasteiger charge is -2.38. The highest BCUT2D eigenvalue weighted by Crippen LogP contribution is 2.30. The molecule has 0 bridgehead atoms. The Balaban J connectivity index is 1.85. The Kier molecular flexibility index (Phi) is 3.92. The molecule has 3 nitrogen and oxygen atoms in total. The maximum Gasteiger partial charge on any atom is 0.0749 e. The van der Waals surface area contributed by atoms with Crippen molar-refractivity contribution in [2.24, 2.45) is 0 Å². The van der Waals surface area contributed by atoms with Crippen molar-refractivity contribution in [2.45, 2.75) is 18.6 Å². The highest BCUT2D eigenvalue weighted by Gasteiger charge is 2.27. The number of aliphatic hydroxyl groups is 1. The van der Waals surface area contributed by atoms with E-state index in [4.69, 9.17) is 11.6 Å². The van der Waals surface area contributed by atoms with Crippen molar-refractivity contribution in [3.05, 3.63) is 65.2 Å². The fraction of sp³-hybridized carbons (Fsp3) is 0.250. The third kappa shape index (κ3) is 2.80. The van der Waals surface area contributed by atoms with Gasteiger partial charge in [0.05, 0.1) is 29.4 Å². The topological polar surface area (TPSA) is 35.5 Å². The molecule has 0 saturated carbocycles. The van der Waals surface area contributed by atoms with E-state index < -0.39 is 0 Å². The number of halogens is 1. The van der Waals surface area contributed by atoms with Crippen LogP contribution in [-0.2, 0) is 0 Å². The number of rotatable bonds is 2. The van der Waals surface area contributed by atoms with Gasteiger partial charge >= 0.3 is 0 Å². The van der Waals surface area contributed by atoms with Crippen LogP contribution in [0.15, 0.2) is 54.6 Å². The summed E-state index contributed by atoms with van der Waals surface area (Å²) in [4.78, 5) is 0. The van der Waals surface area contributed by atoms with E-state index in [1.165, 1.54) is 5.56 Å². The molecule has 1 heterocycles. The summed E-state index contributed by atoms with van der Waals surface area (Å²) in [6.45, 7) is 0.535. The molecule has 0 unspecified atom stereocenters. The lowest BCUT2D eigenvalue weighted by Crippen LogP contribution is -2.51. The molecule has 3 rings (SSSR count). The summed E-state index contributed by atoms with van der Waals surface area (Å²) in [7, 11) is 0. The number of para-hydroxylation sites is 1. The van der Waals surface area contributed by atoms with Gasteiger partial charge in [-0.2, -0.15) is 0 Å².